The van der Waals surface area contributed by atoms with Gasteiger partial charge in [-0.1, -0.05) is 12.8 Å². The van der Waals surface area contributed by atoms with Gasteiger partial charge in [0.05, 0.1) is 31.8 Å². The van der Waals surface area contributed by atoms with Crippen molar-refractivity contribution in [1.29, 1.82) is 0 Å². The van der Waals surface area contributed by atoms with Crippen LogP contribution in [0.3, 0.4) is 0 Å². The normalized spacial score (nSPS) is 19.4. The largest absolute Gasteiger partial charge is 0.497 e. The molecule has 1 saturated carbocycles. The molecule has 32 heavy (non-hydrogen) atoms. The third kappa shape index (κ3) is 4.54. The van der Waals surface area contributed by atoms with Gasteiger partial charge in [0.1, 0.15) is 5.75 Å². The van der Waals surface area contributed by atoms with Gasteiger partial charge in [-0.05, 0) is 59.7 Å². The van der Waals surface area contributed by atoms with Crippen LogP contribution < -0.4 is 10.3 Å². The van der Waals surface area contributed by atoms with Gasteiger partial charge in [0.25, 0.3) is 5.56 Å². The first-order valence-corrected chi connectivity index (χ1v) is 11.5. The van der Waals surface area contributed by atoms with E-state index in [-0.39, 0.29) is 11.7 Å². The first kappa shape index (κ1) is 21.1. The maximum Gasteiger partial charge on any atom is 0.252 e. The second-order valence-electron chi connectivity index (χ2n) is 8.83. The van der Waals surface area contributed by atoms with Crippen molar-refractivity contribution < 1.29 is 9.47 Å². The zero-order valence-corrected chi connectivity index (χ0v) is 18.5. The van der Waals surface area contributed by atoms with E-state index in [1.54, 1.807) is 7.11 Å². The van der Waals surface area contributed by atoms with Crippen molar-refractivity contribution in [1.82, 2.24) is 30.1 Å². The molecular weight excluding hydrogens is 408 g/mol. The fraction of sp³-hybridized carbons (Fsp3) is 0.565. The Labute approximate surface area is 186 Å². The van der Waals surface area contributed by atoms with E-state index < -0.39 is 0 Å². The molecule has 3 heterocycles. The molecule has 0 amide bonds. The standard InChI is InChI=1S/C23H30N6O3/c1-31-19-9-8-16-11-17(23(30)24-21(16)12-19)13-28(18-5-2-3-6-18)15-22-25-26-27-29(22)14-20-7-4-10-32-20/h8-9,11-12,18,20H,2-7,10,13-15H2,1H3,(H,24,30)/t20-/m1/s1. The van der Waals surface area contributed by atoms with Gasteiger partial charge in [0, 0.05) is 30.8 Å². The molecule has 0 spiro atoms. The molecule has 9 heteroatoms. The van der Waals surface area contributed by atoms with Crippen molar-refractivity contribution in [3.8, 4) is 5.75 Å². The van der Waals surface area contributed by atoms with Gasteiger partial charge in [0.2, 0.25) is 0 Å². The van der Waals surface area contributed by atoms with Crippen molar-refractivity contribution in [3.63, 3.8) is 0 Å². The Bertz CT molecular complexity index is 1110. The van der Waals surface area contributed by atoms with Crippen LogP contribution in [-0.4, -0.2) is 56.0 Å². The lowest BCUT2D eigenvalue weighted by molar-refractivity contribution is 0.0906. The molecule has 0 unspecified atom stereocenters. The van der Waals surface area contributed by atoms with E-state index in [1.807, 2.05) is 28.9 Å². The van der Waals surface area contributed by atoms with E-state index in [0.29, 0.717) is 25.7 Å². The summed E-state index contributed by atoms with van der Waals surface area (Å²) in [4.78, 5) is 18.3. The molecule has 1 atom stereocenters. The molecule has 1 aromatic carbocycles. The Kier molecular flexibility index (Phi) is 6.18. The highest BCUT2D eigenvalue weighted by Gasteiger charge is 2.26. The number of H-pyrrole nitrogens is 1. The number of nitrogens with one attached hydrogen (secondary N) is 1. The molecule has 0 bridgehead atoms. The van der Waals surface area contributed by atoms with E-state index in [1.165, 1.54) is 12.8 Å². The lowest BCUT2D eigenvalue weighted by atomic mass is 10.1. The maximum atomic E-state index is 12.9. The highest BCUT2D eigenvalue weighted by Crippen LogP contribution is 2.27. The average molecular weight is 439 g/mol. The Morgan fingerprint density at radius 3 is 2.84 bits per heavy atom. The van der Waals surface area contributed by atoms with Gasteiger partial charge < -0.3 is 14.5 Å². The maximum absolute atomic E-state index is 12.9. The first-order chi connectivity index (χ1) is 15.7. The molecule has 1 saturated heterocycles. The minimum Gasteiger partial charge on any atom is -0.497 e. The van der Waals surface area contributed by atoms with Crippen LogP contribution in [0.5, 0.6) is 5.75 Å². The Hall–Kier alpha value is -2.78. The summed E-state index contributed by atoms with van der Waals surface area (Å²) in [5, 5.41) is 13.4. The number of pyridine rings is 1. The summed E-state index contributed by atoms with van der Waals surface area (Å²) in [7, 11) is 1.62. The van der Waals surface area contributed by atoms with E-state index in [4.69, 9.17) is 9.47 Å². The molecule has 9 nitrogen and oxygen atoms in total. The highest BCUT2D eigenvalue weighted by atomic mass is 16.5. The van der Waals surface area contributed by atoms with Gasteiger partial charge in [-0.2, -0.15) is 0 Å². The highest BCUT2D eigenvalue weighted by molar-refractivity contribution is 5.80. The van der Waals surface area contributed by atoms with Gasteiger partial charge in [-0.3, -0.25) is 9.69 Å². The van der Waals surface area contributed by atoms with Crippen molar-refractivity contribution in [2.24, 2.45) is 0 Å². The molecule has 170 valence electrons. The number of hydrogen-bond acceptors (Lipinski definition) is 7. The zero-order valence-electron chi connectivity index (χ0n) is 18.5. The van der Waals surface area contributed by atoms with Crippen LogP contribution in [0.25, 0.3) is 10.9 Å². The topological polar surface area (TPSA) is 98.2 Å². The van der Waals surface area contributed by atoms with Crippen LogP contribution in [-0.2, 0) is 24.4 Å². The number of methoxy groups -OCH3 is 1. The molecule has 2 aliphatic rings. The van der Waals surface area contributed by atoms with Crippen molar-refractivity contribution in [2.75, 3.05) is 13.7 Å². The van der Waals surface area contributed by atoms with Crippen molar-refractivity contribution in [2.45, 2.75) is 70.3 Å². The third-order valence-electron chi connectivity index (χ3n) is 6.70. The molecule has 5 rings (SSSR count). The second-order valence-corrected chi connectivity index (χ2v) is 8.83. The predicted molar refractivity (Wildman–Crippen MR) is 119 cm³/mol. The molecule has 3 aromatic rings. The number of ether oxygens (including phenoxy) is 2. The summed E-state index contributed by atoms with van der Waals surface area (Å²) >= 11 is 0. The molecule has 1 N–H and O–H groups in total. The Morgan fingerprint density at radius 2 is 2.06 bits per heavy atom. The van der Waals surface area contributed by atoms with Gasteiger partial charge in [-0.15, -0.1) is 5.10 Å². The molecule has 1 aliphatic carbocycles. The summed E-state index contributed by atoms with van der Waals surface area (Å²) in [6, 6.07) is 8.17. The van der Waals surface area contributed by atoms with Crippen LogP contribution in [0.2, 0.25) is 0 Å². The quantitative estimate of drug-likeness (QED) is 0.577. The van der Waals surface area contributed by atoms with E-state index in [2.05, 4.69) is 25.4 Å². The van der Waals surface area contributed by atoms with Crippen molar-refractivity contribution >= 4 is 10.9 Å². The smallest absolute Gasteiger partial charge is 0.252 e. The fourth-order valence-corrected chi connectivity index (χ4v) is 4.91. The number of rotatable bonds is 8. The van der Waals surface area contributed by atoms with E-state index in [0.717, 1.165) is 60.3 Å². The summed E-state index contributed by atoms with van der Waals surface area (Å²) in [5.41, 5.74) is 1.48. The zero-order chi connectivity index (χ0) is 21.9. The molecule has 2 aromatic heterocycles. The molecule has 0 radical (unpaired) electrons. The molecule has 1 aliphatic heterocycles. The summed E-state index contributed by atoms with van der Waals surface area (Å²) in [6.07, 6.45) is 7.02. The predicted octanol–water partition coefficient (Wildman–Crippen LogP) is 2.65. The van der Waals surface area contributed by atoms with Crippen LogP contribution in [0.15, 0.2) is 29.1 Å². The van der Waals surface area contributed by atoms with Crippen molar-refractivity contribution in [3.05, 3.63) is 46.0 Å². The van der Waals surface area contributed by atoms with Crippen LogP contribution in [0.4, 0.5) is 0 Å². The average Bonchev–Trinajstić information content (AvgIpc) is 3.58. The third-order valence-corrected chi connectivity index (χ3v) is 6.70. The lowest BCUT2D eigenvalue weighted by Gasteiger charge is -2.28. The number of hydrogen-bond donors (Lipinski definition) is 1. The van der Waals surface area contributed by atoms with Gasteiger partial charge >= 0.3 is 0 Å². The van der Waals surface area contributed by atoms with Gasteiger partial charge in [-0.25, -0.2) is 4.68 Å². The summed E-state index contributed by atoms with van der Waals surface area (Å²) in [5.74, 6) is 1.56. The monoisotopic (exact) mass is 438 g/mol. The van der Waals surface area contributed by atoms with E-state index in [9.17, 15) is 4.79 Å². The van der Waals surface area contributed by atoms with Crippen LogP contribution >= 0.6 is 0 Å². The van der Waals surface area contributed by atoms with E-state index >= 15 is 0 Å². The van der Waals surface area contributed by atoms with Gasteiger partial charge in [0.15, 0.2) is 5.82 Å². The van der Waals surface area contributed by atoms with Crippen LogP contribution in [0, 0.1) is 0 Å². The Balaban J connectivity index is 1.39. The lowest BCUT2D eigenvalue weighted by Crippen LogP contribution is -2.35. The summed E-state index contributed by atoms with van der Waals surface area (Å²) < 4.78 is 12.9. The fourth-order valence-electron chi connectivity index (χ4n) is 4.91. The molecular formula is C23H30N6O3. The number of nitrogens with zero attached hydrogens (tertiary/aromatic N) is 5. The number of aromatic nitrogens is 5. The Morgan fingerprint density at radius 1 is 1.19 bits per heavy atom. The first-order valence-electron chi connectivity index (χ1n) is 11.5. The minimum absolute atomic E-state index is 0.0623. The number of benzene rings is 1. The van der Waals surface area contributed by atoms with Crippen LogP contribution in [0.1, 0.15) is 49.9 Å². The number of tetrazole rings is 1. The summed E-state index contributed by atoms with van der Waals surface area (Å²) in [6.45, 7) is 2.67. The number of aromatic amines is 1. The molecule has 2 fully saturated rings. The minimum atomic E-state index is -0.0623. The number of fused-ring (bicyclic) bond motifs is 1. The SMILES string of the molecule is COc1ccc2cc(CN(Cc3nnnn3C[C@H]3CCCO3)C3CCCC3)c(=O)[nH]c2c1. The second kappa shape index (κ2) is 9.38.